The molecule has 0 aromatic heterocycles. The molecule has 2 fully saturated rings. The van der Waals surface area contributed by atoms with Crippen molar-refractivity contribution in [3.63, 3.8) is 0 Å². The van der Waals surface area contributed by atoms with Gasteiger partial charge in [0.05, 0.1) is 6.10 Å². The highest BCUT2D eigenvalue weighted by Crippen LogP contribution is 2.33. The van der Waals surface area contributed by atoms with Crippen molar-refractivity contribution in [1.82, 2.24) is 5.32 Å². The Kier molecular flexibility index (Phi) is 3.62. The van der Waals surface area contributed by atoms with Gasteiger partial charge in [-0.3, -0.25) is 0 Å². The van der Waals surface area contributed by atoms with Crippen molar-refractivity contribution >= 4 is 0 Å². The Hall–Kier alpha value is -0.0800. The average Bonchev–Trinajstić information content (AvgIpc) is 2.81. The van der Waals surface area contributed by atoms with Gasteiger partial charge in [0.15, 0.2) is 0 Å². The number of hydrogen-bond donors (Lipinski definition) is 1. The number of ether oxygens (including phenoxy) is 1. The highest BCUT2D eigenvalue weighted by molar-refractivity contribution is 4.73. The maximum absolute atomic E-state index is 5.53. The van der Waals surface area contributed by atoms with Crippen LogP contribution in [0.1, 0.15) is 38.5 Å². The summed E-state index contributed by atoms with van der Waals surface area (Å²) in [5, 5.41) is 3.49. The summed E-state index contributed by atoms with van der Waals surface area (Å²) < 4.78 is 5.53. The summed E-state index contributed by atoms with van der Waals surface area (Å²) in [5.74, 6) is 1.09. The van der Waals surface area contributed by atoms with Gasteiger partial charge in [0.1, 0.15) is 0 Å². The van der Waals surface area contributed by atoms with Crippen LogP contribution in [0.3, 0.4) is 0 Å². The van der Waals surface area contributed by atoms with Gasteiger partial charge in [-0.15, -0.1) is 0 Å². The molecule has 0 amide bonds. The van der Waals surface area contributed by atoms with E-state index in [-0.39, 0.29) is 0 Å². The van der Waals surface area contributed by atoms with Crippen molar-refractivity contribution in [2.24, 2.45) is 5.92 Å². The molecule has 76 valence electrons. The zero-order valence-electron chi connectivity index (χ0n) is 8.43. The van der Waals surface area contributed by atoms with Crippen molar-refractivity contribution in [2.45, 2.75) is 44.6 Å². The normalized spacial score (nSPS) is 28.2. The zero-order valence-corrected chi connectivity index (χ0v) is 8.43. The predicted molar refractivity (Wildman–Crippen MR) is 53.8 cm³/mol. The monoisotopic (exact) mass is 183 g/mol. The summed E-state index contributed by atoms with van der Waals surface area (Å²) in [4.78, 5) is 0. The molecule has 0 radical (unpaired) electrons. The molecule has 0 unspecified atom stereocenters. The van der Waals surface area contributed by atoms with E-state index >= 15 is 0 Å². The van der Waals surface area contributed by atoms with Gasteiger partial charge in [-0.05, 0) is 38.1 Å². The van der Waals surface area contributed by atoms with Crippen molar-refractivity contribution < 1.29 is 4.74 Å². The van der Waals surface area contributed by atoms with Crippen LogP contribution in [0.5, 0.6) is 0 Å². The molecule has 0 aromatic carbocycles. The zero-order chi connectivity index (χ0) is 8.93. The van der Waals surface area contributed by atoms with E-state index in [4.69, 9.17) is 4.74 Å². The molecule has 1 saturated heterocycles. The van der Waals surface area contributed by atoms with Crippen LogP contribution in [-0.2, 0) is 4.74 Å². The van der Waals surface area contributed by atoms with E-state index in [1.165, 1.54) is 45.1 Å². The summed E-state index contributed by atoms with van der Waals surface area (Å²) in [6, 6.07) is 0. The SMILES string of the molecule is C(CNC[C@H]1CCCO1)CC1CC1. The third-order valence-electron chi connectivity index (χ3n) is 3.06. The van der Waals surface area contributed by atoms with Crippen molar-refractivity contribution in [2.75, 3.05) is 19.7 Å². The Morgan fingerprint density at radius 1 is 1.23 bits per heavy atom. The lowest BCUT2D eigenvalue weighted by Gasteiger charge is -2.10. The minimum atomic E-state index is 0.515. The first-order valence-corrected chi connectivity index (χ1v) is 5.77. The van der Waals surface area contributed by atoms with Crippen LogP contribution in [0.25, 0.3) is 0 Å². The average molecular weight is 183 g/mol. The summed E-state index contributed by atoms with van der Waals surface area (Å²) in [6.45, 7) is 3.25. The van der Waals surface area contributed by atoms with Crippen LogP contribution in [0.2, 0.25) is 0 Å². The van der Waals surface area contributed by atoms with E-state index in [1.807, 2.05) is 0 Å². The van der Waals surface area contributed by atoms with Gasteiger partial charge in [0.25, 0.3) is 0 Å². The molecule has 1 aliphatic carbocycles. The van der Waals surface area contributed by atoms with E-state index in [1.54, 1.807) is 0 Å². The van der Waals surface area contributed by atoms with Gasteiger partial charge < -0.3 is 10.1 Å². The molecule has 0 bridgehead atoms. The molecular weight excluding hydrogens is 162 g/mol. The van der Waals surface area contributed by atoms with Gasteiger partial charge in [-0.25, -0.2) is 0 Å². The largest absolute Gasteiger partial charge is 0.377 e. The molecular formula is C11H21NO. The molecule has 2 rings (SSSR count). The first-order valence-electron chi connectivity index (χ1n) is 5.77. The Bertz CT molecular complexity index is 139. The van der Waals surface area contributed by atoms with Gasteiger partial charge in [-0.1, -0.05) is 12.8 Å². The van der Waals surface area contributed by atoms with Gasteiger partial charge in [0.2, 0.25) is 0 Å². The van der Waals surface area contributed by atoms with Crippen molar-refractivity contribution in [3.05, 3.63) is 0 Å². The maximum Gasteiger partial charge on any atom is 0.0700 e. The van der Waals surface area contributed by atoms with Crippen LogP contribution >= 0.6 is 0 Å². The summed E-state index contributed by atoms with van der Waals surface area (Å²) in [5.41, 5.74) is 0. The summed E-state index contributed by atoms with van der Waals surface area (Å²) >= 11 is 0. The first kappa shape index (κ1) is 9.47. The van der Waals surface area contributed by atoms with Gasteiger partial charge in [0, 0.05) is 13.2 Å². The van der Waals surface area contributed by atoms with Crippen LogP contribution in [-0.4, -0.2) is 25.8 Å². The highest BCUT2D eigenvalue weighted by atomic mass is 16.5. The molecule has 0 aromatic rings. The standard InChI is InChI=1S/C11H21NO/c1(3-10-5-6-10)7-12-9-11-4-2-8-13-11/h10-12H,1-9H2/t11-/m1/s1. The molecule has 13 heavy (non-hydrogen) atoms. The Labute approximate surface area is 81.0 Å². The van der Waals surface area contributed by atoms with Crippen molar-refractivity contribution in [1.29, 1.82) is 0 Å². The minimum Gasteiger partial charge on any atom is -0.377 e. The molecule has 2 nitrogen and oxygen atoms in total. The van der Waals surface area contributed by atoms with Gasteiger partial charge in [-0.2, -0.15) is 0 Å². The lowest BCUT2D eigenvalue weighted by Crippen LogP contribution is -2.27. The molecule has 2 heteroatoms. The van der Waals surface area contributed by atoms with E-state index in [0.717, 1.165) is 19.1 Å². The van der Waals surface area contributed by atoms with E-state index < -0.39 is 0 Å². The number of rotatable bonds is 6. The summed E-state index contributed by atoms with van der Waals surface area (Å²) in [7, 11) is 0. The van der Waals surface area contributed by atoms with Crippen LogP contribution in [0.15, 0.2) is 0 Å². The van der Waals surface area contributed by atoms with Crippen LogP contribution in [0, 0.1) is 5.92 Å². The second-order valence-electron chi connectivity index (χ2n) is 4.42. The highest BCUT2D eigenvalue weighted by Gasteiger charge is 2.20. The Balaban J connectivity index is 1.39. The fraction of sp³-hybridized carbons (Fsp3) is 1.00. The molecule has 1 atom stereocenters. The second-order valence-corrected chi connectivity index (χ2v) is 4.42. The first-order chi connectivity index (χ1) is 6.45. The number of hydrogen-bond acceptors (Lipinski definition) is 2. The smallest absolute Gasteiger partial charge is 0.0700 e. The Morgan fingerprint density at radius 2 is 2.15 bits per heavy atom. The molecule has 1 N–H and O–H groups in total. The van der Waals surface area contributed by atoms with E-state index in [9.17, 15) is 0 Å². The topological polar surface area (TPSA) is 21.3 Å². The van der Waals surface area contributed by atoms with E-state index in [0.29, 0.717) is 6.10 Å². The second kappa shape index (κ2) is 4.97. The predicted octanol–water partition coefficient (Wildman–Crippen LogP) is 1.95. The third kappa shape index (κ3) is 3.65. The Morgan fingerprint density at radius 3 is 2.85 bits per heavy atom. The summed E-state index contributed by atoms with van der Waals surface area (Å²) in [6.07, 6.45) is 8.82. The lowest BCUT2D eigenvalue weighted by molar-refractivity contribution is 0.110. The van der Waals surface area contributed by atoms with Gasteiger partial charge >= 0.3 is 0 Å². The fourth-order valence-electron chi connectivity index (χ4n) is 1.99. The van der Waals surface area contributed by atoms with Crippen LogP contribution in [0.4, 0.5) is 0 Å². The molecule has 0 spiro atoms. The number of nitrogens with one attached hydrogen (secondary N) is 1. The maximum atomic E-state index is 5.53. The fourth-order valence-corrected chi connectivity index (χ4v) is 1.99. The minimum absolute atomic E-state index is 0.515. The van der Waals surface area contributed by atoms with Crippen LogP contribution < -0.4 is 5.32 Å². The molecule has 1 aliphatic heterocycles. The van der Waals surface area contributed by atoms with E-state index in [2.05, 4.69) is 5.32 Å². The molecule has 1 saturated carbocycles. The van der Waals surface area contributed by atoms with Crippen molar-refractivity contribution in [3.8, 4) is 0 Å². The quantitative estimate of drug-likeness (QED) is 0.635. The lowest BCUT2D eigenvalue weighted by atomic mass is 10.2. The molecule has 1 heterocycles. The molecule has 2 aliphatic rings. The third-order valence-corrected chi connectivity index (χ3v) is 3.06.